The summed E-state index contributed by atoms with van der Waals surface area (Å²) in [7, 11) is 1.66. The Kier molecular flexibility index (Phi) is 11.7. The van der Waals surface area contributed by atoms with Crippen LogP contribution in [-0.2, 0) is 20.7 Å². The van der Waals surface area contributed by atoms with Crippen molar-refractivity contribution >= 4 is 57.2 Å². The lowest BCUT2D eigenvalue weighted by Gasteiger charge is -2.35. The number of fused-ring (bicyclic) bond motifs is 6. The zero-order valence-corrected chi connectivity index (χ0v) is 39.1. The van der Waals surface area contributed by atoms with Gasteiger partial charge < -0.3 is 24.6 Å². The number of aryl methyl sites for hydroxylation is 1. The van der Waals surface area contributed by atoms with Gasteiger partial charge in [-0.25, -0.2) is 13.6 Å². The Morgan fingerprint density at radius 2 is 1.80 bits per heavy atom. The average Bonchev–Trinajstić information content (AvgIpc) is 4.06. The largest absolute Gasteiger partial charge is 0.461 e. The van der Waals surface area contributed by atoms with Gasteiger partial charge in [0.05, 0.1) is 27.6 Å². The van der Waals surface area contributed by atoms with Gasteiger partial charge in [0.15, 0.2) is 5.82 Å². The smallest absolute Gasteiger partial charge is 0.409 e. The highest BCUT2D eigenvalue weighted by molar-refractivity contribution is 6.23. The molecule has 5 atom stereocenters. The van der Waals surface area contributed by atoms with Gasteiger partial charge >= 0.3 is 12.1 Å². The van der Waals surface area contributed by atoms with Crippen molar-refractivity contribution in [1.29, 1.82) is 0 Å². The highest BCUT2D eigenvalue weighted by atomic mass is 19.1. The van der Waals surface area contributed by atoms with Gasteiger partial charge in [-0.3, -0.25) is 39.3 Å². The van der Waals surface area contributed by atoms with Crippen LogP contribution in [0.25, 0.3) is 32.9 Å². The van der Waals surface area contributed by atoms with E-state index in [0.717, 1.165) is 41.7 Å². The van der Waals surface area contributed by atoms with Gasteiger partial charge in [-0.1, -0.05) is 48.4 Å². The monoisotopic (exact) mass is 963 g/mol. The topological polar surface area (TPSA) is 180 Å². The van der Waals surface area contributed by atoms with Crippen LogP contribution in [0.5, 0.6) is 6.01 Å². The first-order valence-electron chi connectivity index (χ1n) is 24.1. The van der Waals surface area contributed by atoms with E-state index in [1.807, 2.05) is 0 Å². The zero-order valence-electron chi connectivity index (χ0n) is 39.1. The maximum atomic E-state index is 17.2. The number of carbonyl (C=O) groups excluding carboxylic acids is 5. The number of halogens is 2. The van der Waals surface area contributed by atoms with Crippen molar-refractivity contribution in [2.24, 2.45) is 0 Å². The van der Waals surface area contributed by atoms with Crippen molar-refractivity contribution in [3.63, 3.8) is 0 Å². The first kappa shape index (κ1) is 46.0. The molecule has 0 radical (unpaired) electrons. The minimum absolute atomic E-state index is 0.0141. The highest BCUT2D eigenvalue weighted by Gasteiger charge is 2.52. The molecule has 3 unspecified atom stereocenters. The standard InChI is InChI=1S/C53H51F2N9O7/c1-4-35-40(54)15-11-31-8-5-9-37(43(31)35)45-44(55)46-39(23-56-45)47(62-25-32-12-13-33(26-62)57-32)60-51(59-46)71-28-53-19-18-34(63(53)24-29(2)22-53)27-70-52(69)61(3)20-6-7-30-10-14-36-38(21-30)50(68)64(49(36)67)41-16-17-42(65)58-48(41)66/h1,5,8-11,14-15,21,23,32-34,41,57H,2,6-7,12-13,16-20,22,24-28H2,3H3,(H,58,65,66)/t32?,33?,34-,41?,53-/m0/s1. The fourth-order valence-corrected chi connectivity index (χ4v) is 11.7. The molecule has 18 heteroatoms. The number of aromatic nitrogens is 3. The van der Waals surface area contributed by atoms with Crippen LogP contribution < -0.4 is 20.3 Å². The number of anilines is 1. The summed E-state index contributed by atoms with van der Waals surface area (Å²) in [4.78, 5) is 85.1. The molecule has 6 aliphatic heterocycles. The Balaban J connectivity index is 0.762. The number of ether oxygens (including phenoxy) is 2. The Morgan fingerprint density at radius 3 is 2.59 bits per heavy atom. The van der Waals surface area contributed by atoms with Crippen molar-refractivity contribution in [3.8, 4) is 29.6 Å². The summed E-state index contributed by atoms with van der Waals surface area (Å²) >= 11 is 0. The first-order valence-corrected chi connectivity index (χ1v) is 24.1. The van der Waals surface area contributed by atoms with E-state index in [4.69, 9.17) is 25.9 Å². The number of nitrogens with one attached hydrogen (secondary N) is 2. The maximum absolute atomic E-state index is 17.2. The lowest BCUT2D eigenvalue weighted by molar-refractivity contribution is -0.136. The summed E-state index contributed by atoms with van der Waals surface area (Å²) in [6, 6.07) is 12.5. The van der Waals surface area contributed by atoms with E-state index in [9.17, 15) is 24.0 Å². The van der Waals surface area contributed by atoms with Crippen molar-refractivity contribution in [2.45, 2.75) is 87.5 Å². The highest BCUT2D eigenvalue weighted by Crippen LogP contribution is 2.45. The summed E-state index contributed by atoms with van der Waals surface area (Å²) < 4.78 is 44.7. The molecule has 0 saturated carbocycles. The van der Waals surface area contributed by atoms with Crippen LogP contribution in [0, 0.1) is 24.0 Å². The van der Waals surface area contributed by atoms with E-state index in [1.54, 1.807) is 55.7 Å². The molecule has 71 heavy (non-hydrogen) atoms. The lowest BCUT2D eigenvalue weighted by atomic mass is 9.94. The summed E-state index contributed by atoms with van der Waals surface area (Å²) in [5, 5.41) is 7.32. The van der Waals surface area contributed by atoms with Crippen LogP contribution in [0.15, 0.2) is 66.9 Å². The van der Waals surface area contributed by atoms with E-state index in [-0.39, 0.29) is 78.1 Å². The molecule has 0 aliphatic carbocycles. The molecule has 5 amide bonds. The number of piperidine rings is 1. The second kappa shape index (κ2) is 18.1. The third-order valence-corrected chi connectivity index (χ3v) is 15.2. The van der Waals surface area contributed by atoms with Gasteiger partial charge in [-0.15, -0.1) is 6.42 Å². The van der Waals surface area contributed by atoms with E-state index in [0.29, 0.717) is 73.0 Å². The summed E-state index contributed by atoms with van der Waals surface area (Å²) in [6.45, 7) is 6.93. The molecule has 8 heterocycles. The molecule has 2 N–H and O–H groups in total. The fraction of sp³-hybridized carbons (Fsp3) is 0.396. The van der Waals surface area contributed by atoms with Crippen LogP contribution in [-0.4, -0.2) is 136 Å². The molecule has 5 fully saturated rings. The Hall–Kier alpha value is -7.36. The van der Waals surface area contributed by atoms with Crippen LogP contribution >= 0.6 is 0 Å². The molecule has 0 spiro atoms. The van der Waals surface area contributed by atoms with Crippen LogP contribution in [0.1, 0.15) is 83.2 Å². The second-order valence-electron chi connectivity index (χ2n) is 19.7. The summed E-state index contributed by atoms with van der Waals surface area (Å²) in [5.41, 5.74) is 2.11. The zero-order chi connectivity index (χ0) is 49.3. The molecule has 11 rings (SSSR count). The normalized spacial score (nSPS) is 23.9. The maximum Gasteiger partial charge on any atom is 0.409 e. The van der Waals surface area contributed by atoms with Crippen molar-refractivity contribution in [1.82, 2.24) is 40.3 Å². The number of nitrogens with zero attached hydrogens (tertiary/aromatic N) is 7. The Labute approximate surface area is 407 Å². The summed E-state index contributed by atoms with van der Waals surface area (Å²) in [6.07, 6.45) is 12.2. The van der Waals surface area contributed by atoms with Gasteiger partial charge in [-0.05, 0) is 80.5 Å². The average molecular weight is 964 g/mol. The van der Waals surface area contributed by atoms with Gasteiger partial charge in [0.1, 0.15) is 42.1 Å². The molecule has 2 aromatic heterocycles. The number of rotatable bonds is 12. The second-order valence-corrected chi connectivity index (χ2v) is 19.7. The number of terminal acetylenes is 1. The number of pyridine rings is 1. The predicted octanol–water partition coefficient (Wildman–Crippen LogP) is 5.69. The minimum atomic E-state index is -1.04. The molecule has 6 aliphatic rings. The number of imide groups is 2. The van der Waals surface area contributed by atoms with E-state index in [1.165, 1.54) is 11.0 Å². The van der Waals surface area contributed by atoms with Gasteiger partial charge in [0.25, 0.3) is 11.8 Å². The molecule has 5 saturated heterocycles. The van der Waals surface area contributed by atoms with Crippen molar-refractivity contribution in [3.05, 3.63) is 101 Å². The Morgan fingerprint density at radius 1 is 1.00 bits per heavy atom. The first-order chi connectivity index (χ1) is 34.3. The predicted molar refractivity (Wildman–Crippen MR) is 257 cm³/mol. The minimum Gasteiger partial charge on any atom is -0.461 e. The third-order valence-electron chi connectivity index (χ3n) is 15.2. The fourth-order valence-electron chi connectivity index (χ4n) is 11.7. The number of carbonyl (C=O) groups is 5. The van der Waals surface area contributed by atoms with Gasteiger partial charge in [0.2, 0.25) is 11.8 Å². The van der Waals surface area contributed by atoms with E-state index in [2.05, 4.69) is 37.9 Å². The SMILES string of the molecule is C#Cc1c(F)ccc2cccc(-c3ncc4c(N5CC6CCC(C5)N6)nc(OC[C@@]56CC[C@@H](COC(=O)N(C)CCCc7ccc8c(c7)C(=O)N(C7CCC(=O)NC7=O)C8=O)N5CC(=C)C6)nc4c3F)c12. The van der Waals surface area contributed by atoms with Gasteiger partial charge in [0, 0.05) is 74.9 Å². The van der Waals surface area contributed by atoms with E-state index < -0.39 is 52.9 Å². The number of amides is 5. The lowest BCUT2D eigenvalue weighted by Crippen LogP contribution is -2.54. The number of piperazine rings is 1. The third kappa shape index (κ3) is 8.20. The number of hydrogen-bond donors (Lipinski definition) is 2. The number of hydrogen-bond acceptors (Lipinski definition) is 13. The van der Waals surface area contributed by atoms with Crippen LogP contribution in [0.3, 0.4) is 0 Å². The quantitative estimate of drug-likeness (QED) is 0.0886. The van der Waals surface area contributed by atoms with Gasteiger partial charge in [-0.2, -0.15) is 9.97 Å². The molecular formula is C53H51F2N9O7. The summed E-state index contributed by atoms with van der Waals surface area (Å²) in [5.74, 6) is -0.547. The van der Waals surface area contributed by atoms with E-state index >= 15 is 8.78 Å². The number of benzene rings is 3. The van der Waals surface area contributed by atoms with Crippen molar-refractivity contribution < 1.29 is 42.2 Å². The molecule has 364 valence electrons. The van der Waals surface area contributed by atoms with Crippen molar-refractivity contribution in [2.75, 3.05) is 51.3 Å². The molecule has 3 aromatic carbocycles. The molecule has 2 bridgehead atoms. The van der Waals surface area contributed by atoms with Crippen LogP contribution in [0.4, 0.5) is 19.4 Å². The van der Waals surface area contributed by atoms with Crippen LogP contribution in [0.2, 0.25) is 0 Å². The molecule has 5 aromatic rings. The molecular weight excluding hydrogens is 913 g/mol. The molecule has 16 nitrogen and oxygen atoms in total. The Bertz CT molecular complexity index is 3150.